The number of hydrogen-bond donors (Lipinski definition) is 0. The van der Waals surface area contributed by atoms with E-state index in [2.05, 4.69) is 0 Å². The molecule has 0 spiro atoms. The van der Waals surface area contributed by atoms with E-state index < -0.39 is 17.4 Å². The van der Waals surface area contributed by atoms with Crippen LogP contribution >= 0.6 is 0 Å². The molecule has 0 amide bonds. The van der Waals surface area contributed by atoms with E-state index in [9.17, 15) is 13.6 Å². The van der Waals surface area contributed by atoms with Crippen LogP contribution in [0.15, 0.2) is 24.3 Å². The quantitative estimate of drug-likeness (QED) is 0.551. The third kappa shape index (κ3) is 2.72. The highest BCUT2D eigenvalue weighted by atomic mass is 19.1. The number of aryl methyl sites for hydroxylation is 1. The van der Waals surface area contributed by atoms with Crippen molar-refractivity contribution >= 4 is 5.78 Å². The fraction of sp³-hybridized carbons (Fsp3) is 0.250. The summed E-state index contributed by atoms with van der Waals surface area (Å²) in [4.78, 5) is 11.4. The predicted octanol–water partition coefficient (Wildman–Crippen LogP) is 3.42. The van der Waals surface area contributed by atoms with E-state index in [0.717, 1.165) is 6.07 Å². The van der Waals surface area contributed by atoms with Gasteiger partial charge in [0.25, 0.3) is 0 Å². The van der Waals surface area contributed by atoms with Gasteiger partial charge in [0.05, 0.1) is 5.56 Å². The fourth-order valence-corrected chi connectivity index (χ4v) is 1.16. The Labute approximate surface area is 87.4 Å². The van der Waals surface area contributed by atoms with E-state index in [4.69, 9.17) is 0 Å². The lowest BCUT2D eigenvalue weighted by molar-refractivity contribution is 0.104. The van der Waals surface area contributed by atoms with Crippen LogP contribution < -0.4 is 0 Å². The molecule has 0 N–H and O–H groups in total. The molecule has 0 aromatic heterocycles. The molecule has 0 fully saturated rings. The van der Waals surface area contributed by atoms with Gasteiger partial charge in [0.15, 0.2) is 5.78 Å². The minimum absolute atomic E-state index is 0.0846. The van der Waals surface area contributed by atoms with Crippen LogP contribution in [0.1, 0.15) is 29.3 Å². The molecule has 0 heterocycles. The van der Waals surface area contributed by atoms with Gasteiger partial charge in [-0.05, 0) is 31.1 Å². The van der Waals surface area contributed by atoms with Crippen molar-refractivity contribution in [1.82, 2.24) is 0 Å². The molecule has 1 aromatic rings. The Bertz CT molecular complexity index is 408. The lowest BCUT2D eigenvalue weighted by atomic mass is 10.1. The molecule has 0 unspecified atom stereocenters. The molecule has 1 aromatic carbocycles. The number of carbonyl (C=O) groups is 1. The van der Waals surface area contributed by atoms with Crippen molar-refractivity contribution in [1.29, 1.82) is 0 Å². The van der Waals surface area contributed by atoms with Crippen LogP contribution in [0.3, 0.4) is 0 Å². The number of carbonyl (C=O) groups excluding carboxylic acids is 1. The Morgan fingerprint density at radius 1 is 1.33 bits per heavy atom. The van der Waals surface area contributed by atoms with Crippen LogP contribution in [-0.2, 0) is 0 Å². The molecule has 0 saturated heterocycles. The summed E-state index contributed by atoms with van der Waals surface area (Å²) in [5, 5.41) is 0. The van der Waals surface area contributed by atoms with Crippen LogP contribution in [-0.4, -0.2) is 5.78 Å². The maximum atomic E-state index is 13.2. The highest BCUT2D eigenvalue weighted by molar-refractivity contribution is 6.04. The van der Waals surface area contributed by atoms with Gasteiger partial charge in [-0.25, -0.2) is 8.78 Å². The summed E-state index contributed by atoms with van der Waals surface area (Å²) in [6, 6.07) is 1.97. The zero-order valence-corrected chi connectivity index (χ0v) is 8.68. The van der Waals surface area contributed by atoms with E-state index in [1.165, 1.54) is 19.1 Å². The first-order valence-corrected chi connectivity index (χ1v) is 4.72. The smallest absolute Gasteiger partial charge is 0.188 e. The highest BCUT2D eigenvalue weighted by Gasteiger charge is 2.11. The van der Waals surface area contributed by atoms with Crippen LogP contribution in [0.5, 0.6) is 0 Å². The SMILES string of the molecule is CC/C=C/C(=O)c1cc(C)c(F)cc1F. The molecule has 0 aliphatic heterocycles. The highest BCUT2D eigenvalue weighted by Crippen LogP contribution is 2.15. The van der Waals surface area contributed by atoms with Crippen molar-refractivity contribution < 1.29 is 13.6 Å². The molecular formula is C12H12F2O. The van der Waals surface area contributed by atoms with E-state index in [1.807, 2.05) is 6.92 Å². The number of halogens is 2. The van der Waals surface area contributed by atoms with Gasteiger partial charge >= 0.3 is 0 Å². The second-order valence-electron chi connectivity index (χ2n) is 3.26. The van der Waals surface area contributed by atoms with Crippen LogP contribution in [0.25, 0.3) is 0 Å². The fourth-order valence-electron chi connectivity index (χ4n) is 1.16. The van der Waals surface area contributed by atoms with E-state index in [1.54, 1.807) is 6.08 Å². The lowest BCUT2D eigenvalue weighted by Crippen LogP contribution is -2.01. The van der Waals surface area contributed by atoms with Gasteiger partial charge in [0.2, 0.25) is 0 Å². The zero-order valence-electron chi connectivity index (χ0n) is 8.68. The predicted molar refractivity (Wildman–Crippen MR) is 54.9 cm³/mol. The third-order valence-electron chi connectivity index (χ3n) is 2.02. The van der Waals surface area contributed by atoms with Crippen LogP contribution in [0, 0.1) is 18.6 Å². The minimum atomic E-state index is -0.816. The average Bonchev–Trinajstić information content (AvgIpc) is 2.20. The third-order valence-corrected chi connectivity index (χ3v) is 2.02. The summed E-state index contributed by atoms with van der Waals surface area (Å²) in [5.41, 5.74) is 0.184. The Kier molecular flexibility index (Phi) is 3.72. The van der Waals surface area contributed by atoms with E-state index in [0.29, 0.717) is 6.42 Å². The summed E-state index contributed by atoms with van der Waals surface area (Å²) >= 11 is 0. The summed E-state index contributed by atoms with van der Waals surface area (Å²) in [5.74, 6) is -1.88. The number of allylic oxidation sites excluding steroid dienone is 2. The molecule has 0 saturated carbocycles. The Morgan fingerprint density at radius 3 is 2.60 bits per heavy atom. The van der Waals surface area contributed by atoms with Gasteiger partial charge in [0.1, 0.15) is 11.6 Å². The molecular weight excluding hydrogens is 198 g/mol. The molecule has 1 nitrogen and oxygen atoms in total. The normalized spacial score (nSPS) is 10.9. The minimum Gasteiger partial charge on any atom is -0.289 e. The van der Waals surface area contributed by atoms with Gasteiger partial charge in [0, 0.05) is 6.07 Å². The maximum absolute atomic E-state index is 13.2. The van der Waals surface area contributed by atoms with Crippen molar-refractivity contribution in [2.45, 2.75) is 20.3 Å². The van der Waals surface area contributed by atoms with E-state index in [-0.39, 0.29) is 11.1 Å². The summed E-state index contributed by atoms with van der Waals surface area (Å²) in [7, 11) is 0. The monoisotopic (exact) mass is 210 g/mol. The van der Waals surface area contributed by atoms with Crippen molar-refractivity contribution in [3.05, 3.63) is 47.0 Å². The first-order valence-electron chi connectivity index (χ1n) is 4.72. The standard InChI is InChI=1S/C12H12F2O/c1-3-4-5-12(15)9-6-8(2)10(13)7-11(9)14/h4-7H,3H2,1-2H3/b5-4+. The Hall–Kier alpha value is -1.51. The molecule has 15 heavy (non-hydrogen) atoms. The summed E-state index contributed by atoms with van der Waals surface area (Å²) < 4.78 is 26.1. The number of benzene rings is 1. The van der Waals surface area contributed by atoms with Gasteiger partial charge in [-0.2, -0.15) is 0 Å². The van der Waals surface area contributed by atoms with Crippen molar-refractivity contribution in [3.8, 4) is 0 Å². The summed E-state index contributed by atoms with van der Waals surface area (Å²) in [6.07, 6.45) is 3.64. The first-order chi connectivity index (χ1) is 7.06. The number of rotatable bonds is 3. The molecule has 0 bridgehead atoms. The molecule has 0 radical (unpaired) electrons. The van der Waals surface area contributed by atoms with Gasteiger partial charge < -0.3 is 0 Å². The van der Waals surface area contributed by atoms with E-state index >= 15 is 0 Å². The van der Waals surface area contributed by atoms with Crippen molar-refractivity contribution in [3.63, 3.8) is 0 Å². The second-order valence-corrected chi connectivity index (χ2v) is 3.26. The van der Waals surface area contributed by atoms with Crippen molar-refractivity contribution in [2.24, 2.45) is 0 Å². The largest absolute Gasteiger partial charge is 0.289 e. The Morgan fingerprint density at radius 2 is 2.00 bits per heavy atom. The van der Waals surface area contributed by atoms with Crippen LogP contribution in [0.4, 0.5) is 8.78 Å². The molecule has 0 aliphatic carbocycles. The van der Waals surface area contributed by atoms with Crippen molar-refractivity contribution in [2.75, 3.05) is 0 Å². The Balaban J connectivity index is 3.09. The topological polar surface area (TPSA) is 17.1 Å². The lowest BCUT2D eigenvalue weighted by Gasteiger charge is -2.01. The molecule has 0 aliphatic rings. The molecule has 80 valence electrons. The molecule has 0 atom stereocenters. The zero-order chi connectivity index (χ0) is 11.4. The average molecular weight is 210 g/mol. The molecule has 1 rings (SSSR count). The van der Waals surface area contributed by atoms with Crippen LogP contribution in [0.2, 0.25) is 0 Å². The summed E-state index contributed by atoms with van der Waals surface area (Å²) in [6.45, 7) is 3.37. The first kappa shape index (κ1) is 11.6. The number of hydrogen-bond acceptors (Lipinski definition) is 1. The van der Waals surface area contributed by atoms with Gasteiger partial charge in [-0.15, -0.1) is 0 Å². The second kappa shape index (κ2) is 4.82. The molecule has 3 heteroatoms. The maximum Gasteiger partial charge on any atom is 0.188 e. The number of ketones is 1. The van der Waals surface area contributed by atoms with Gasteiger partial charge in [-0.3, -0.25) is 4.79 Å². The van der Waals surface area contributed by atoms with Gasteiger partial charge in [-0.1, -0.05) is 13.0 Å².